The Labute approximate surface area is 160 Å². The fourth-order valence-electron chi connectivity index (χ4n) is 2.56. The van der Waals surface area contributed by atoms with Gasteiger partial charge in [-0.25, -0.2) is 9.79 Å². The van der Waals surface area contributed by atoms with Crippen molar-refractivity contribution in [1.82, 2.24) is 0 Å². The quantitative estimate of drug-likeness (QED) is 0.469. The second-order valence-corrected chi connectivity index (χ2v) is 6.14. The molecule has 5 nitrogen and oxygen atoms in total. The van der Waals surface area contributed by atoms with Crippen LogP contribution in [-0.2, 0) is 16.1 Å². The van der Waals surface area contributed by atoms with E-state index in [4.69, 9.17) is 25.5 Å². The van der Waals surface area contributed by atoms with Gasteiger partial charge in [-0.05, 0) is 30.3 Å². The van der Waals surface area contributed by atoms with Crippen molar-refractivity contribution < 1.29 is 18.7 Å². The molecule has 0 spiro atoms. The molecular formula is C21H14ClNO4. The van der Waals surface area contributed by atoms with Crippen LogP contribution in [0.3, 0.4) is 0 Å². The molecule has 0 fully saturated rings. The summed E-state index contributed by atoms with van der Waals surface area (Å²) in [5.74, 6) is 0.613. The first kappa shape index (κ1) is 17.1. The minimum atomic E-state index is -0.540. The normalized spacial score (nSPS) is 14.9. The summed E-state index contributed by atoms with van der Waals surface area (Å²) in [6.45, 7) is 0.311. The summed E-state index contributed by atoms with van der Waals surface area (Å²) >= 11 is 6.17. The number of nitrogens with zero attached hydrogens (tertiary/aromatic N) is 1. The van der Waals surface area contributed by atoms with Crippen molar-refractivity contribution in [3.05, 3.63) is 94.5 Å². The Kier molecular flexibility index (Phi) is 4.77. The number of aliphatic imine (C=N–C) groups is 1. The van der Waals surface area contributed by atoms with Gasteiger partial charge in [0.2, 0.25) is 0 Å². The fraction of sp³-hybridized carbons (Fsp3) is 0.0476. The highest BCUT2D eigenvalue weighted by Crippen LogP contribution is 2.26. The number of rotatable bonds is 5. The molecule has 0 saturated heterocycles. The van der Waals surface area contributed by atoms with Gasteiger partial charge in [0.15, 0.2) is 11.5 Å². The second kappa shape index (κ2) is 7.51. The van der Waals surface area contributed by atoms with Crippen LogP contribution >= 0.6 is 11.6 Å². The zero-order valence-electron chi connectivity index (χ0n) is 14.1. The van der Waals surface area contributed by atoms with Crippen LogP contribution < -0.4 is 4.74 Å². The van der Waals surface area contributed by atoms with Gasteiger partial charge in [-0.2, -0.15) is 0 Å². The van der Waals surface area contributed by atoms with Gasteiger partial charge in [0, 0.05) is 16.1 Å². The molecule has 0 unspecified atom stereocenters. The highest BCUT2D eigenvalue weighted by atomic mass is 35.5. The summed E-state index contributed by atoms with van der Waals surface area (Å²) in [7, 11) is 0. The van der Waals surface area contributed by atoms with Gasteiger partial charge in [-0.15, -0.1) is 0 Å². The number of furan rings is 1. The lowest BCUT2D eigenvalue weighted by atomic mass is 10.1. The van der Waals surface area contributed by atoms with Crippen LogP contribution in [0.5, 0.6) is 5.75 Å². The Morgan fingerprint density at radius 1 is 1.04 bits per heavy atom. The Bertz CT molecular complexity index is 1040. The topological polar surface area (TPSA) is 61.0 Å². The predicted molar refractivity (Wildman–Crippen MR) is 102 cm³/mol. The monoisotopic (exact) mass is 379 g/mol. The molecular weight excluding hydrogens is 366 g/mol. The highest BCUT2D eigenvalue weighted by Gasteiger charge is 2.26. The number of carbonyl (C=O) groups excluding carboxylic acids is 1. The number of halogens is 1. The second-order valence-electron chi connectivity index (χ2n) is 5.73. The van der Waals surface area contributed by atoms with Crippen molar-refractivity contribution in [3.8, 4) is 5.75 Å². The van der Waals surface area contributed by atoms with Crippen LogP contribution in [0, 0.1) is 0 Å². The molecule has 1 aromatic heterocycles. The molecule has 27 heavy (non-hydrogen) atoms. The fourth-order valence-corrected chi connectivity index (χ4v) is 2.75. The minimum Gasteiger partial charge on any atom is -0.488 e. The molecule has 134 valence electrons. The number of cyclic esters (lactones) is 1. The average Bonchev–Trinajstić information content (AvgIpc) is 3.33. The van der Waals surface area contributed by atoms with Crippen molar-refractivity contribution in [2.75, 3.05) is 0 Å². The number of esters is 1. The first-order valence-electron chi connectivity index (χ1n) is 8.22. The third-order valence-corrected chi connectivity index (χ3v) is 4.27. The van der Waals surface area contributed by atoms with Gasteiger partial charge in [0.1, 0.15) is 12.4 Å². The van der Waals surface area contributed by atoms with Crippen molar-refractivity contribution in [2.24, 2.45) is 4.99 Å². The zero-order valence-corrected chi connectivity index (χ0v) is 14.8. The lowest BCUT2D eigenvalue weighted by molar-refractivity contribution is -0.130. The number of ether oxygens (including phenoxy) is 2. The smallest absolute Gasteiger partial charge is 0.363 e. The van der Waals surface area contributed by atoms with Crippen LogP contribution in [0.1, 0.15) is 16.9 Å². The first-order chi connectivity index (χ1) is 13.2. The number of carbonyl (C=O) groups is 1. The van der Waals surface area contributed by atoms with E-state index < -0.39 is 5.97 Å². The first-order valence-corrected chi connectivity index (χ1v) is 8.60. The maximum atomic E-state index is 12.1. The van der Waals surface area contributed by atoms with E-state index in [-0.39, 0.29) is 11.6 Å². The average molecular weight is 380 g/mol. The summed E-state index contributed by atoms with van der Waals surface area (Å²) in [5.41, 5.74) is 1.76. The maximum Gasteiger partial charge on any atom is 0.363 e. The number of para-hydroxylation sites is 1. The summed E-state index contributed by atoms with van der Waals surface area (Å²) in [6.07, 6.45) is 3.12. The predicted octanol–water partition coefficient (Wildman–Crippen LogP) is 4.86. The molecule has 0 aliphatic carbocycles. The molecule has 0 amide bonds. The van der Waals surface area contributed by atoms with E-state index in [2.05, 4.69) is 4.99 Å². The van der Waals surface area contributed by atoms with Gasteiger partial charge in [0.25, 0.3) is 5.90 Å². The molecule has 4 rings (SSSR count). The van der Waals surface area contributed by atoms with Crippen LogP contribution in [-0.4, -0.2) is 11.9 Å². The number of hydrogen-bond donors (Lipinski definition) is 0. The number of benzene rings is 2. The molecule has 0 saturated carbocycles. The lowest BCUT2D eigenvalue weighted by Crippen LogP contribution is -2.04. The molecule has 1 aliphatic heterocycles. The van der Waals surface area contributed by atoms with E-state index >= 15 is 0 Å². The van der Waals surface area contributed by atoms with E-state index in [1.165, 1.54) is 6.26 Å². The Morgan fingerprint density at radius 2 is 1.85 bits per heavy atom. The van der Waals surface area contributed by atoms with Gasteiger partial charge < -0.3 is 13.9 Å². The molecule has 1 aliphatic rings. The molecule has 2 aromatic carbocycles. The van der Waals surface area contributed by atoms with Gasteiger partial charge >= 0.3 is 5.97 Å². The summed E-state index contributed by atoms with van der Waals surface area (Å²) in [4.78, 5) is 16.3. The van der Waals surface area contributed by atoms with Crippen LogP contribution in [0.4, 0.5) is 0 Å². The largest absolute Gasteiger partial charge is 0.488 e. The van der Waals surface area contributed by atoms with Crippen LogP contribution in [0.15, 0.2) is 82.0 Å². The highest BCUT2D eigenvalue weighted by molar-refractivity contribution is 6.31. The van der Waals surface area contributed by atoms with E-state index in [0.717, 1.165) is 5.56 Å². The van der Waals surface area contributed by atoms with Crippen molar-refractivity contribution in [1.29, 1.82) is 0 Å². The third-order valence-electron chi connectivity index (χ3n) is 3.90. The molecule has 0 radical (unpaired) electrons. The molecule has 0 N–H and O–H groups in total. The van der Waals surface area contributed by atoms with Gasteiger partial charge in [0.05, 0.1) is 6.26 Å². The minimum absolute atomic E-state index is 0.144. The van der Waals surface area contributed by atoms with Crippen molar-refractivity contribution in [3.63, 3.8) is 0 Å². The molecule has 6 heteroatoms. The van der Waals surface area contributed by atoms with Crippen LogP contribution in [0.2, 0.25) is 5.02 Å². The molecule has 0 bridgehead atoms. The van der Waals surface area contributed by atoms with E-state index in [1.54, 1.807) is 18.2 Å². The van der Waals surface area contributed by atoms with Crippen molar-refractivity contribution in [2.45, 2.75) is 6.61 Å². The third kappa shape index (κ3) is 3.78. The molecule has 0 atom stereocenters. The molecule has 2 heterocycles. The Balaban J connectivity index is 1.59. The lowest BCUT2D eigenvalue weighted by Gasteiger charge is -2.10. The summed E-state index contributed by atoms with van der Waals surface area (Å²) in [6, 6.07) is 18.2. The standard InChI is InChI=1S/C21H14ClNO4/c22-16-8-3-1-7-15(16)13-26-18-9-4-2-6-14(18)12-17-21(24)27-20(23-17)19-10-5-11-25-19/h1-12H,13H2/b17-12-. The van der Waals surface area contributed by atoms with Gasteiger partial charge in [-0.3, -0.25) is 0 Å². The van der Waals surface area contributed by atoms with E-state index in [9.17, 15) is 4.79 Å². The number of hydrogen-bond acceptors (Lipinski definition) is 5. The SMILES string of the molecule is O=C1OC(c2ccco2)=N/C1=C\c1ccccc1OCc1ccccc1Cl. The summed E-state index contributed by atoms with van der Waals surface area (Å²) < 4.78 is 16.3. The van der Waals surface area contributed by atoms with E-state index in [1.807, 2.05) is 48.5 Å². The molecule has 3 aromatic rings. The van der Waals surface area contributed by atoms with E-state index in [0.29, 0.717) is 28.7 Å². The summed E-state index contributed by atoms with van der Waals surface area (Å²) in [5, 5.41) is 0.639. The van der Waals surface area contributed by atoms with Gasteiger partial charge in [-0.1, -0.05) is 48.0 Å². The maximum absolute atomic E-state index is 12.1. The zero-order chi connectivity index (χ0) is 18.6. The Morgan fingerprint density at radius 3 is 2.67 bits per heavy atom. The Hall–Kier alpha value is -3.31. The van der Waals surface area contributed by atoms with Crippen LogP contribution in [0.25, 0.3) is 6.08 Å². The van der Waals surface area contributed by atoms with Crippen molar-refractivity contribution >= 4 is 29.5 Å².